The van der Waals surface area contributed by atoms with E-state index in [-0.39, 0.29) is 34.3 Å². The van der Waals surface area contributed by atoms with Crippen LogP contribution in [-0.4, -0.2) is 43.0 Å². The van der Waals surface area contributed by atoms with E-state index in [1.807, 2.05) is 0 Å². The maximum absolute atomic E-state index is 10.9. The molecule has 0 aliphatic heterocycles. The average Bonchev–Trinajstić information content (AvgIpc) is 2.61. The molecule has 0 aliphatic carbocycles. The van der Waals surface area contributed by atoms with Gasteiger partial charge in [-0.15, -0.1) is 0 Å². The predicted molar refractivity (Wildman–Crippen MR) is 91.4 cm³/mol. The number of methoxy groups -OCH3 is 2. The molecule has 0 saturated heterocycles. The molecule has 0 spiro atoms. The second-order valence-corrected chi connectivity index (χ2v) is 4.87. The lowest BCUT2D eigenvalue weighted by Crippen LogP contribution is -2.05. The summed E-state index contributed by atoms with van der Waals surface area (Å²) < 4.78 is 15.0. The normalized spacial score (nSPS) is 9.35. The zero-order valence-corrected chi connectivity index (χ0v) is 14.4. The van der Waals surface area contributed by atoms with Crippen LogP contribution in [0.5, 0.6) is 28.7 Å². The van der Waals surface area contributed by atoms with E-state index < -0.39 is 5.97 Å². The Morgan fingerprint density at radius 3 is 1.62 bits per heavy atom. The van der Waals surface area contributed by atoms with Gasteiger partial charge in [0.25, 0.3) is 0 Å². The van der Waals surface area contributed by atoms with Gasteiger partial charge in [-0.3, -0.25) is 14.4 Å². The van der Waals surface area contributed by atoms with Crippen molar-refractivity contribution in [2.75, 3.05) is 14.2 Å². The molecule has 8 nitrogen and oxygen atoms in total. The van der Waals surface area contributed by atoms with E-state index in [0.29, 0.717) is 18.1 Å². The van der Waals surface area contributed by atoms with Crippen LogP contribution in [0.25, 0.3) is 0 Å². The van der Waals surface area contributed by atoms with Crippen molar-refractivity contribution in [3.05, 3.63) is 41.5 Å². The fourth-order valence-electron chi connectivity index (χ4n) is 1.90. The molecule has 0 saturated carbocycles. The summed E-state index contributed by atoms with van der Waals surface area (Å²) in [4.78, 5) is 31.6. The van der Waals surface area contributed by atoms with Gasteiger partial charge < -0.3 is 24.4 Å². The minimum Gasteiger partial charge on any atom is -0.508 e. The van der Waals surface area contributed by atoms with Gasteiger partial charge in [-0.05, 0) is 24.3 Å². The number of hydrogen-bond acceptors (Lipinski definition) is 8. The van der Waals surface area contributed by atoms with Crippen LogP contribution < -0.4 is 14.2 Å². The number of phenolic OH excluding ortho intramolecular Hbond substituents is 2. The molecule has 0 amide bonds. The number of esters is 1. The molecular weight excluding hydrogens is 344 g/mol. The van der Waals surface area contributed by atoms with Crippen LogP contribution in [0, 0.1) is 0 Å². The van der Waals surface area contributed by atoms with Crippen LogP contribution in [0.15, 0.2) is 30.3 Å². The summed E-state index contributed by atoms with van der Waals surface area (Å²) in [5, 5.41) is 17.6. The van der Waals surface area contributed by atoms with Crippen molar-refractivity contribution >= 4 is 18.5 Å². The average molecular weight is 362 g/mol. The van der Waals surface area contributed by atoms with Crippen molar-refractivity contribution in [2.24, 2.45) is 0 Å². The Balaban J connectivity index is 0.000000289. The number of rotatable bonds is 5. The summed E-state index contributed by atoms with van der Waals surface area (Å²) in [7, 11) is 2.83. The molecule has 0 aliphatic rings. The van der Waals surface area contributed by atoms with Gasteiger partial charge in [0.15, 0.2) is 11.5 Å². The highest BCUT2D eigenvalue weighted by Gasteiger charge is 2.15. The largest absolute Gasteiger partial charge is 0.508 e. The molecule has 2 rings (SSSR count). The van der Waals surface area contributed by atoms with E-state index in [2.05, 4.69) is 0 Å². The van der Waals surface area contributed by atoms with Gasteiger partial charge in [-0.25, -0.2) is 0 Å². The van der Waals surface area contributed by atoms with Gasteiger partial charge in [0.2, 0.25) is 5.75 Å². The lowest BCUT2D eigenvalue weighted by atomic mass is 10.2. The molecule has 0 atom stereocenters. The quantitative estimate of drug-likeness (QED) is 0.472. The molecule has 2 aromatic rings. The molecule has 8 heteroatoms. The van der Waals surface area contributed by atoms with E-state index >= 15 is 0 Å². The van der Waals surface area contributed by atoms with E-state index in [9.17, 15) is 14.4 Å². The third-order valence-electron chi connectivity index (χ3n) is 2.93. The number of carbonyl (C=O) groups excluding carboxylic acids is 3. The fraction of sp³-hybridized carbons (Fsp3) is 0.167. The summed E-state index contributed by atoms with van der Waals surface area (Å²) in [5.41, 5.74) is 0.641. The maximum atomic E-state index is 10.9. The van der Waals surface area contributed by atoms with Gasteiger partial charge in [0, 0.05) is 24.1 Å². The number of benzene rings is 2. The first-order valence-electron chi connectivity index (χ1n) is 7.22. The summed E-state index contributed by atoms with van der Waals surface area (Å²) in [6, 6.07) is 6.63. The zero-order valence-electron chi connectivity index (χ0n) is 14.4. The monoisotopic (exact) mass is 362 g/mol. The minimum atomic E-state index is -0.490. The highest BCUT2D eigenvalue weighted by atomic mass is 16.6. The molecule has 0 fully saturated rings. The van der Waals surface area contributed by atoms with E-state index in [0.717, 1.165) is 6.07 Å². The smallest absolute Gasteiger partial charge is 0.308 e. The van der Waals surface area contributed by atoms with Crippen LogP contribution in [0.4, 0.5) is 0 Å². The molecule has 26 heavy (non-hydrogen) atoms. The van der Waals surface area contributed by atoms with Crippen molar-refractivity contribution in [1.82, 2.24) is 0 Å². The molecule has 2 aromatic carbocycles. The second-order valence-electron chi connectivity index (χ2n) is 4.87. The maximum Gasteiger partial charge on any atom is 0.308 e. The van der Waals surface area contributed by atoms with Crippen LogP contribution in [0.2, 0.25) is 0 Å². The van der Waals surface area contributed by atoms with Crippen LogP contribution in [0.1, 0.15) is 27.6 Å². The van der Waals surface area contributed by atoms with E-state index in [1.165, 1.54) is 45.4 Å². The summed E-state index contributed by atoms with van der Waals surface area (Å²) >= 11 is 0. The number of phenols is 2. The highest BCUT2D eigenvalue weighted by molar-refractivity contribution is 5.80. The standard InChI is InChI=1S/C11H12O5.C7H6O3/c1-7(13)16-11-9(14-2)4-8(6-12)5-10(11)15-3;8-4-5-1-6(9)3-7(10)2-5/h4-6H,1-3H3;1-4,9-10H. The lowest BCUT2D eigenvalue weighted by Gasteiger charge is -2.12. The molecule has 0 radical (unpaired) electrons. The number of ether oxygens (including phenoxy) is 3. The summed E-state index contributed by atoms with van der Waals surface area (Å²) in [6.07, 6.45) is 1.21. The Labute approximate surface area is 149 Å². The van der Waals surface area contributed by atoms with Crippen molar-refractivity contribution in [1.29, 1.82) is 0 Å². The van der Waals surface area contributed by atoms with E-state index in [1.54, 1.807) is 0 Å². The number of hydrogen-bond donors (Lipinski definition) is 2. The first kappa shape index (κ1) is 20.5. The second kappa shape index (κ2) is 9.67. The molecule has 0 bridgehead atoms. The summed E-state index contributed by atoms with van der Waals surface area (Å²) in [5.74, 6) is 0.0102. The topological polar surface area (TPSA) is 119 Å². The van der Waals surface area contributed by atoms with Crippen molar-refractivity contribution < 1.29 is 38.8 Å². The SMILES string of the molecule is COc1cc(C=O)cc(OC)c1OC(C)=O.O=Cc1cc(O)cc(O)c1. The highest BCUT2D eigenvalue weighted by Crippen LogP contribution is 2.38. The van der Waals surface area contributed by atoms with E-state index in [4.69, 9.17) is 24.4 Å². The molecule has 0 unspecified atom stereocenters. The molecular formula is C18H18O8. The van der Waals surface area contributed by atoms with Gasteiger partial charge in [0.05, 0.1) is 14.2 Å². The van der Waals surface area contributed by atoms with Crippen molar-refractivity contribution in [2.45, 2.75) is 6.92 Å². The molecule has 0 aromatic heterocycles. The Morgan fingerprint density at radius 1 is 0.846 bits per heavy atom. The molecule has 138 valence electrons. The van der Waals surface area contributed by atoms with Crippen LogP contribution >= 0.6 is 0 Å². The van der Waals surface area contributed by atoms with Crippen LogP contribution in [-0.2, 0) is 4.79 Å². The lowest BCUT2D eigenvalue weighted by molar-refractivity contribution is -0.132. The minimum absolute atomic E-state index is 0.109. The number of aldehydes is 2. The third-order valence-corrected chi connectivity index (χ3v) is 2.93. The zero-order chi connectivity index (χ0) is 19.7. The first-order chi connectivity index (χ1) is 12.3. The molecule has 0 heterocycles. The van der Waals surface area contributed by atoms with Gasteiger partial charge in [-0.2, -0.15) is 0 Å². The molecule has 2 N–H and O–H groups in total. The fourth-order valence-corrected chi connectivity index (χ4v) is 1.90. The Morgan fingerprint density at radius 2 is 1.27 bits per heavy atom. The van der Waals surface area contributed by atoms with Gasteiger partial charge in [-0.1, -0.05) is 0 Å². The Kier molecular flexibility index (Phi) is 7.63. The number of aromatic hydroxyl groups is 2. The third kappa shape index (κ3) is 5.82. The van der Waals surface area contributed by atoms with Crippen LogP contribution in [0.3, 0.4) is 0 Å². The summed E-state index contributed by atoms with van der Waals surface area (Å²) in [6.45, 7) is 1.27. The van der Waals surface area contributed by atoms with Crippen molar-refractivity contribution in [3.8, 4) is 28.7 Å². The Hall–Kier alpha value is -3.55. The Bertz CT molecular complexity index is 753. The predicted octanol–water partition coefficient (Wildman–Crippen LogP) is 2.35. The van der Waals surface area contributed by atoms with Gasteiger partial charge >= 0.3 is 5.97 Å². The number of carbonyl (C=O) groups is 3. The van der Waals surface area contributed by atoms with Gasteiger partial charge in [0.1, 0.15) is 24.1 Å². The van der Waals surface area contributed by atoms with Crippen molar-refractivity contribution in [3.63, 3.8) is 0 Å². The first-order valence-corrected chi connectivity index (χ1v) is 7.22.